The van der Waals surface area contributed by atoms with E-state index in [1.165, 1.54) is 6.07 Å². The number of hydrogen-bond acceptors (Lipinski definition) is 4. The van der Waals surface area contributed by atoms with Crippen molar-refractivity contribution in [2.45, 2.75) is 13.0 Å². The second-order valence-electron chi connectivity index (χ2n) is 4.27. The molecule has 0 fully saturated rings. The Kier molecular flexibility index (Phi) is 2.76. The number of halogens is 1. The fourth-order valence-electron chi connectivity index (χ4n) is 1.96. The number of rotatable bonds is 2. The summed E-state index contributed by atoms with van der Waals surface area (Å²) in [6, 6.07) is 10.0. The maximum atomic E-state index is 13.7. The molecule has 1 aromatic heterocycles. The van der Waals surface area contributed by atoms with Crippen molar-refractivity contribution in [2.75, 3.05) is 0 Å². The molecular formula is C14H11FN2O2. The normalized spacial score (nSPS) is 12.8. The lowest BCUT2D eigenvalue weighted by atomic mass is 10.0. The Labute approximate surface area is 108 Å². The smallest absolute Gasteiger partial charge is 0.258 e. The second-order valence-corrected chi connectivity index (χ2v) is 4.27. The molecule has 0 aliphatic rings. The lowest BCUT2D eigenvalue weighted by Crippen LogP contribution is -1.93. The van der Waals surface area contributed by atoms with Crippen molar-refractivity contribution in [3.8, 4) is 11.5 Å². The van der Waals surface area contributed by atoms with E-state index >= 15 is 0 Å². The first kappa shape index (κ1) is 11.8. The summed E-state index contributed by atoms with van der Waals surface area (Å²) in [5.41, 5.74) is 0.649. The van der Waals surface area contributed by atoms with Crippen LogP contribution in [-0.2, 0) is 0 Å². The van der Waals surface area contributed by atoms with Gasteiger partial charge in [0.15, 0.2) is 5.82 Å². The Morgan fingerprint density at radius 1 is 1.16 bits per heavy atom. The molecule has 0 saturated heterocycles. The van der Waals surface area contributed by atoms with Gasteiger partial charge in [0.1, 0.15) is 11.9 Å². The van der Waals surface area contributed by atoms with Crippen LogP contribution in [-0.4, -0.2) is 15.2 Å². The zero-order valence-corrected chi connectivity index (χ0v) is 10.2. The van der Waals surface area contributed by atoms with Gasteiger partial charge in [-0.1, -0.05) is 29.4 Å². The minimum absolute atomic E-state index is 0.211. The standard InChI is InChI=1S/C14H11FN2O2/c1-8(18)13-16-14(19-17-13)11-6-7-12(15)10-5-3-2-4-9(10)11/h2-8,18H,1H3. The number of aromatic nitrogens is 2. The van der Waals surface area contributed by atoms with E-state index in [-0.39, 0.29) is 17.5 Å². The molecule has 1 atom stereocenters. The fraction of sp³-hybridized carbons (Fsp3) is 0.143. The summed E-state index contributed by atoms with van der Waals surface area (Å²) in [5.74, 6) is 0.185. The van der Waals surface area contributed by atoms with Crippen molar-refractivity contribution in [1.82, 2.24) is 10.1 Å². The first-order valence-electron chi connectivity index (χ1n) is 5.86. The van der Waals surface area contributed by atoms with Gasteiger partial charge in [-0.15, -0.1) is 0 Å². The number of hydrogen-bond donors (Lipinski definition) is 1. The van der Waals surface area contributed by atoms with Gasteiger partial charge in [-0.05, 0) is 24.4 Å². The summed E-state index contributed by atoms with van der Waals surface area (Å²) in [6.07, 6.45) is -0.802. The molecular weight excluding hydrogens is 247 g/mol. The van der Waals surface area contributed by atoms with Crippen LogP contribution in [0.25, 0.3) is 22.2 Å². The van der Waals surface area contributed by atoms with Crippen LogP contribution in [0, 0.1) is 5.82 Å². The largest absolute Gasteiger partial charge is 0.385 e. The SMILES string of the molecule is CC(O)c1noc(-c2ccc(F)c3ccccc23)n1. The van der Waals surface area contributed by atoms with Crippen molar-refractivity contribution in [2.24, 2.45) is 0 Å². The Bertz CT molecular complexity index is 737. The molecule has 0 aliphatic heterocycles. The Morgan fingerprint density at radius 2 is 1.89 bits per heavy atom. The maximum absolute atomic E-state index is 13.7. The predicted molar refractivity (Wildman–Crippen MR) is 67.8 cm³/mol. The summed E-state index contributed by atoms with van der Waals surface area (Å²) in [4.78, 5) is 4.11. The topological polar surface area (TPSA) is 59.2 Å². The lowest BCUT2D eigenvalue weighted by Gasteiger charge is -2.03. The number of benzene rings is 2. The molecule has 1 N–H and O–H groups in total. The third-order valence-corrected chi connectivity index (χ3v) is 2.92. The first-order valence-corrected chi connectivity index (χ1v) is 5.86. The number of aliphatic hydroxyl groups is 1. The van der Waals surface area contributed by atoms with Crippen molar-refractivity contribution < 1.29 is 14.0 Å². The molecule has 0 radical (unpaired) electrons. The van der Waals surface area contributed by atoms with Crippen LogP contribution in [0.5, 0.6) is 0 Å². The van der Waals surface area contributed by atoms with Crippen molar-refractivity contribution in [3.63, 3.8) is 0 Å². The third kappa shape index (κ3) is 1.98. The van der Waals surface area contributed by atoms with E-state index in [0.717, 1.165) is 0 Å². The highest BCUT2D eigenvalue weighted by Crippen LogP contribution is 2.29. The van der Waals surface area contributed by atoms with Gasteiger partial charge in [-0.2, -0.15) is 4.98 Å². The van der Waals surface area contributed by atoms with Crippen LogP contribution >= 0.6 is 0 Å². The molecule has 0 saturated carbocycles. The summed E-state index contributed by atoms with van der Waals surface area (Å²) >= 11 is 0. The summed E-state index contributed by atoms with van der Waals surface area (Å²) in [7, 11) is 0. The molecule has 0 spiro atoms. The summed E-state index contributed by atoms with van der Waals surface area (Å²) in [6.45, 7) is 1.55. The molecule has 96 valence electrons. The van der Waals surface area contributed by atoms with E-state index < -0.39 is 6.10 Å². The van der Waals surface area contributed by atoms with Gasteiger partial charge >= 0.3 is 0 Å². The van der Waals surface area contributed by atoms with Gasteiger partial charge < -0.3 is 9.63 Å². The highest BCUT2D eigenvalue weighted by Gasteiger charge is 2.15. The van der Waals surface area contributed by atoms with Gasteiger partial charge in [-0.25, -0.2) is 4.39 Å². The van der Waals surface area contributed by atoms with E-state index in [2.05, 4.69) is 10.1 Å². The zero-order valence-electron chi connectivity index (χ0n) is 10.2. The van der Waals surface area contributed by atoms with Crippen LogP contribution < -0.4 is 0 Å². The highest BCUT2D eigenvalue weighted by atomic mass is 19.1. The summed E-state index contributed by atoms with van der Waals surface area (Å²) in [5, 5.41) is 14.3. The summed E-state index contributed by atoms with van der Waals surface area (Å²) < 4.78 is 18.8. The predicted octanol–water partition coefficient (Wildman–Crippen LogP) is 3.08. The quantitative estimate of drug-likeness (QED) is 0.767. The van der Waals surface area contributed by atoms with E-state index in [4.69, 9.17) is 4.52 Å². The average Bonchev–Trinajstić information content (AvgIpc) is 2.89. The molecule has 1 unspecified atom stereocenters. The van der Waals surface area contributed by atoms with Gasteiger partial charge in [-0.3, -0.25) is 0 Å². The Balaban J connectivity index is 2.22. The van der Waals surface area contributed by atoms with E-state index in [0.29, 0.717) is 16.3 Å². The number of nitrogens with zero attached hydrogens (tertiary/aromatic N) is 2. The highest BCUT2D eigenvalue weighted by molar-refractivity contribution is 5.95. The van der Waals surface area contributed by atoms with Crippen LogP contribution in [0.1, 0.15) is 18.9 Å². The molecule has 3 rings (SSSR count). The van der Waals surface area contributed by atoms with E-state index in [1.807, 2.05) is 6.07 Å². The molecule has 2 aromatic carbocycles. The Morgan fingerprint density at radius 3 is 2.58 bits per heavy atom. The average molecular weight is 258 g/mol. The molecule has 19 heavy (non-hydrogen) atoms. The van der Waals surface area contributed by atoms with Crippen molar-refractivity contribution in [1.29, 1.82) is 0 Å². The molecule has 0 bridgehead atoms. The van der Waals surface area contributed by atoms with Gasteiger partial charge in [0.2, 0.25) is 0 Å². The number of aliphatic hydroxyl groups excluding tert-OH is 1. The molecule has 1 heterocycles. The van der Waals surface area contributed by atoms with Gasteiger partial charge in [0, 0.05) is 10.9 Å². The van der Waals surface area contributed by atoms with E-state index in [1.54, 1.807) is 31.2 Å². The van der Waals surface area contributed by atoms with Gasteiger partial charge in [0.05, 0.1) is 0 Å². The number of fused-ring (bicyclic) bond motifs is 1. The molecule has 3 aromatic rings. The van der Waals surface area contributed by atoms with Crippen LogP contribution in [0.3, 0.4) is 0 Å². The van der Waals surface area contributed by atoms with Gasteiger partial charge in [0.25, 0.3) is 5.89 Å². The molecule has 5 heteroatoms. The van der Waals surface area contributed by atoms with E-state index in [9.17, 15) is 9.50 Å². The molecule has 4 nitrogen and oxygen atoms in total. The molecule has 0 amide bonds. The minimum atomic E-state index is -0.802. The fourth-order valence-corrected chi connectivity index (χ4v) is 1.96. The Hall–Kier alpha value is -2.27. The second kappa shape index (κ2) is 4.44. The van der Waals surface area contributed by atoms with Crippen LogP contribution in [0.2, 0.25) is 0 Å². The third-order valence-electron chi connectivity index (χ3n) is 2.92. The minimum Gasteiger partial charge on any atom is -0.385 e. The molecule has 0 aliphatic carbocycles. The van der Waals surface area contributed by atoms with Crippen LogP contribution in [0.4, 0.5) is 4.39 Å². The first-order chi connectivity index (χ1) is 9.16. The maximum Gasteiger partial charge on any atom is 0.258 e. The monoisotopic (exact) mass is 258 g/mol. The zero-order chi connectivity index (χ0) is 13.4. The van der Waals surface area contributed by atoms with Crippen molar-refractivity contribution >= 4 is 10.8 Å². The lowest BCUT2D eigenvalue weighted by molar-refractivity contribution is 0.184. The van der Waals surface area contributed by atoms with Crippen molar-refractivity contribution in [3.05, 3.63) is 48.0 Å². The van der Waals surface area contributed by atoms with Crippen LogP contribution in [0.15, 0.2) is 40.9 Å².